The molecule has 0 aromatic rings. The third-order valence-corrected chi connectivity index (χ3v) is 5.28. The van der Waals surface area contributed by atoms with Gasteiger partial charge in [-0.25, -0.2) is 0 Å². The number of carbonyl (C=O) groups is 2. The van der Waals surface area contributed by atoms with Crippen molar-refractivity contribution in [2.24, 2.45) is 11.8 Å². The predicted octanol–water partition coefficient (Wildman–Crippen LogP) is 4.71. The molecule has 0 saturated heterocycles. The Morgan fingerprint density at radius 2 is 1.09 bits per heavy atom. The van der Waals surface area contributed by atoms with Gasteiger partial charge in [0.05, 0.1) is 0 Å². The lowest BCUT2D eigenvalue weighted by Gasteiger charge is -2.25. The molecule has 0 spiro atoms. The van der Waals surface area contributed by atoms with Gasteiger partial charge in [-0.1, -0.05) is 36.1 Å². The van der Waals surface area contributed by atoms with Crippen LogP contribution in [-0.2, 0) is 9.59 Å². The first-order valence-corrected chi connectivity index (χ1v) is 8.87. The maximum absolute atomic E-state index is 11.7. The molecule has 0 aromatic heterocycles. The SMILES string of the molecule is O=C1C=C(C2/C=C\C(C3=CC(=O)CCC3)CCCC2)CCC1. The molecular weight excluding hydrogens is 272 g/mol. The van der Waals surface area contributed by atoms with Crippen LogP contribution in [0.1, 0.15) is 64.2 Å². The Morgan fingerprint density at radius 1 is 0.636 bits per heavy atom. The van der Waals surface area contributed by atoms with Crippen LogP contribution in [0, 0.1) is 11.8 Å². The summed E-state index contributed by atoms with van der Waals surface area (Å²) < 4.78 is 0. The van der Waals surface area contributed by atoms with Gasteiger partial charge in [0, 0.05) is 12.8 Å². The molecule has 0 fully saturated rings. The van der Waals surface area contributed by atoms with Gasteiger partial charge in [-0.15, -0.1) is 0 Å². The van der Waals surface area contributed by atoms with Crippen LogP contribution in [0.4, 0.5) is 0 Å². The van der Waals surface area contributed by atoms with E-state index < -0.39 is 0 Å². The van der Waals surface area contributed by atoms with Crippen molar-refractivity contribution in [3.8, 4) is 0 Å². The molecular formula is C20H26O2. The molecule has 0 N–H and O–H groups in total. The fourth-order valence-electron chi connectivity index (χ4n) is 4.03. The molecule has 0 aromatic carbocycles. The lowest BCUT2D eigenvalue weighted by molar-refractivity contribution is -0.115. The van der Waals surface area contributed by atoms with Gasteiger partial charge in [0.25, 0.3) is 0 Å². The van der Waals surface area contributed by atoms with Crippen molar-refractivity contribution in [2.45, 2.75) is 64.2 Å². The van der Waals surface area contributed by atoms with Crippen LogP contribution in [0.15, 0.2) is 35.5 Å². The topological polar surface area (TPSA) is 34.1 Å². The van der Waals surface area contributed by atoms with Crippen molar-refractivity contribution >= 4 is 11.6 Å². The largest absolute Gasteiger partial charge is 0.295 e. The highest BCUT2D eigenvalue weighted by atomic mass is 16.1. The van der Waals surface area contributed by atoms with Gasteiger partial charge in [0.2, 0.25) is 0 Å². The highest BCUT2D eigenvalue weighted by Gasteiger charge is 2.21. The summed E-state index contributed by atoms with van der Waals surface area (Å²) in [6, 6.07) is 0. The Kier molecular flexibility index (Phi) is 5.07. The molecule has 3 aliphatic rings. The maximum Gasteiger partial charge on any atom is 0.155 e. The zero-order valence-electron chi connectivity index (χ0n) is 13.4. The van der Waals surface area contributed by atoms with Crippen LogP contribution in [-0.4, -0.2) is 11.6 Å². The first kappa shape index (κ1) is 15.5. The van der Waals surface area contributed by atoms with E-state index in [9.17, 15) is 9.59 Å². The Morgan fingerprint density at radius 3 is 1.50 bits per heavy atom. The smallest absolute Gasteiger partial charge is 0.155 e. The van der Waals surface area contributed by atoms with Crippen LogP contribution >= 0.6 is 0 Å². The zero-order valence-corrected chi connectivity index (χ0v) is 13.4. The normalized spacial score (nSPS) is 31.8. The molecule has 0 aliphatic heterocycles. The Balaban J connectivity index is 1.76. The van der Waals surface area contributed by atoms with Crippen LogP contribution in [0.5, 0.6) is 0 Å². The van der Waals surface area contributed by atoms with E-state index in [4.69, 9.17) is 0 Å². The fraction of sp³-hybridized carbons (Fsp3) is 0.600. The first-order valence-electron chi connectivity index (χ1n) is 8.87. The van der Waals surface area contributed by atoms with E-state index in [0.29, 0.717) is 23.4 Å². The Labute approximate surface area is 133 Å². The summed E-state index contributed by atoms with van der Waals surface area (Å²) in [5.41, 5.74) is 2.67. The standard InChI is InChI=1S/C20H26O2/c21-19-9-3-7-17(13-19)15-5-1-2-6-16(12-11-15)18-8-4-10-20(22)14-18/h11-16H,1-10H2/b12-11-. The molecule has 22 heavy (non-hydrogen) atoms. The van der Waals surface area contributed by atoms with E-state index in [0.717, 1.165) is 38.5 Å². The van der Waals surface area contributed by atoms with Crippen molar-refractivity contribution < 1.29 is 9.59 Å². The summed E-state index contributed by atoms with van der Waals surface area (Å²) in [5.74, 6) is 1.47. The number of rotatable bonds is 2. The molecule has 0 bridgehead atoms. The van der Waals surface area contributed by atoms with Gasteiger partial charge in [0.1, 0.15) is 0 Å². The van der Waals surface area contributed by atoms with Crippen molar-refractivity contribution in [3.63, 3.8) is 0 Å². The van der Waals surface area contributed by atoms with Crippen molar-refractivity contribution in [1.29, 1.82) is 0 Å². The van der Waals surface area contributed by atoms with E-state index in [-0.39, 0.29) is 0 Å². The molecule has 2 unspecified atom stereocenters. The third-order valence-electron chi connectivity index (χ3n) is 5.28. The molecule has 3 aliphatic carbocycles. The Bertz CT molecular complexity index is 488. The lowest BCUT2D eigenvalue weighted by Crippen LogP contribution is -2.14. The minimum absolute atomic E-state index is 0.300. The average molecular weight is 298 g/mol. The predicted molar refractivity (Wildman–Crippen MR) is 88.5 cm³/mol. The quantitative estimate of drug-likeness (QED) is 0.692. The molecule has 2 heteroatoms. The molecule has 0 amide bonds. The molecule has 0 heterocycles. The zero-order chi connectivity index (χ0) is 15.4. The van der Waals surface area contributed by atoms with Gasteiger partial charge in [-0.05, 0) is 62.5 Å². The summed E-state index contributed by atoms with van der Waals surface area (Å²) in [7, 11) is 0. The summed E-state index contributed by atoms with van der Waals surface area (Å²) in [6.45, 7) is 0. The first-order chi connectivity index (χ1) is 10.7. The van der Waals surface area contributed by atoms with Gasteiger partial charge >= 0.3 is 0 Å². The highest BCUT2D eigenvalue weighted by molar-refractivity contribution is 5.91. The second kappa shape index (κ2) is 7.21. The number of hydrogen-bond acceptors (Lipinski definition) is 2. The summed E-state index contributed by atoms with van der Waals surface area (Å²) in [5, 5.41) is 0. The average Bonchev–Trinajstić information content (AvgIpc) is 2.47. The van der Waals surface area contributed by atoms with E-state index in [1.54, 1.807) is 0 Å². The summed E-state index contributed by atoms with van der Waals surface area (Å²) in [4.78, 5) is 23.3. The van der Waals surface area contributed by atoms with Gasteiger partial charge < -0.3 is 0 Å². The molecule has 0 saturated carbocycles. The highest BCUT2D eigenvalue weighted by Crippen LogP contribution is 2.34. The van der Waals surface area contributed by atoms with Crippen molar-refractivity contribution in [2.75, 3.05) is 0 Å². The lowest BCUT2D eigenvalue weighted by atomic mass is 9.79. The third kappa shape index (κ3) is 3.85. The van der Waals surface area contributed by atoms with Crippen LogP contribution in [0.2, 0.25) is 0 Å². The monoisotopic (exact) mass is 298 g/mol. The van der Waals surface area contributed by atoms with E-state index in [1.165, 1.54) is 36.8 Å². The minimum Gasteiger partial charge on any atom is -0.295 e. The number of carbonyl (C=O) groups excluding carboxylic acids is 2. The van der Waals surface area contributed by atoms with Gasteiger partial charge in [0.15, 0.2) is 11.6 Å². The maximum atomic E-state index is 11.7. The second-order valence-corrected chi connectivity index (χ2v) is 6.96. The van der Waals surface area contributed by atoms with Crippen molar-refractivity contribution in [3.05, 3.63) is 35.5 Å². The molecule has 2 nitrogen and oxygen atoms in total. The number of allylic oxidation sites excluding steroid dienone is 6. The fourth-order valence-corrected chi connectivity index (χ4v) is 4.03. The number of hydrogen-bond donors (Lipinski definition) is 0. The second-order valence-electron chi connectivity index (χ2n) is 6.96. The van der Waals surface area contributed by atoms with E-state index >= 15 is 0 Å². The molecule has 0 radical (unpaired) electrons. The van der Waals surface area contributed by atoms with E-state index in [2.05, 4.69) is 12.2 Å². The Hall–Kier alpha value is -1.44. The van der Waals surface area contributed by atoms with Gasteiger partial charge in [-0.3, -0.25) is 9.59 Å². The van der Waals surface area contributed by atoms with Gasteiger partial charge in [-0.2, -0.15) is 0 Å². The molecule has 2 atom stereocenters. The molecule has 118 valence electrons. The summed E-state index contributed by atoms with van der Waals surface area (Å²) >= 11 is 0. The van der Waals surface area contributed by atoms with Crippen LogP contribution in [0.25, 0.3) is 0 Å². The van der Waals surface area contributed by atoms with Crippen molar-refractivity contribution in [1.82, 2.24) is 0 Å². The van der Waals surface area contributed by atoms with Crippen LogP contribution < -0.4 is 0 Å². The van der Waals surface area contributed by atoms with E-state index in [1.807, 2.05) is 12.2 Å². The molecule has 3 rings (SSSR count). The minimum atomic E-state index is 0.300. The summed E-state index contributed by atoms with van der Waals surface area (Å²) in [6.07, 6.45) is 18.8. The van der Waals surface area contributed by atoms with Crippen LogP contribution in [0.3, 0.4) is 0 Å². The number of ketones is 2.